The topological polar surface area (TPSA) is 73.1 Å². The average molecular weight is 142 g/mol. The Morgan fingerprint density at radius 2 is 2.30 bits per heavy atom. The maximum atomic E-state index is 10.5. The number of hydrogen-bond acceptors (Lipinski definition) is 3. The van der Waals surface area contributed by atoms with Gasteiger partial charge in [-0.25, -0.2) is 0 Å². The fourth-order valence-corrected chi connectivity index (χ4v) is 0.522. The van der Waals surface area contributed by atoms with Crippen LogP contribution in [0.5, 0.6) is 0 Å². The number of unbranched alkanes of at least 4 members (excludes halogenated alkanes) is 1. The molecule has 0 aromatic carbocycles. The Morgan fingerprint density at radius 3 is 2.80 bits per heavy atom. The average Bonchev–Trinajstić information content (AvgIpc) is 1.89. The third kappa shape index (κ3) is 5.06. The Kier molecular flexibility index (Phi) is 5.39. The summed E-state index contributed by atoms with van der Waals surface area (Å²) in [5, 5.41) is 18.3. The molecule has 4 nitrogen and oxygen atoms in total. The number of nitrogens with one attached hydrogen (secondary N) is 1. The van der Waals surface area contributed by atoms with Crippen molar-refractivity contribution in [1.29, 1.82) is 5.26 Å². The SMILES string of the molecule is N#CNC(=O)CCCCO. The predicted octanol–water partition coefficient (Wildman–Crippen LogP) is -0.254. The smallest absolute Gasteiger partial charge is 0.232 e. The van der Waals surface area contributed by atoms with E-state index in [9.17, 15) is 4.79 Å². The largest absolute Gasteiger partial charge is 0.396 e. The monoisotopic (exact) mass is 142 g/mol. The molecule has 2 N–H and O–H groups in total. The fourth-order valence-electron chi connectivity index (χ4n) is 0.522. The highest BCUT2D eigenvalue weighted by Gasteiger charge is 1.97. The van der Waals surface area contributed by atoms with E-state index in [1.54, 1.807) is 0 Å². The first-order chi connectivity index (χ1) is 4.81. The molecule has 0 bridgehead atoms. The highest BCUT2D eigenvalue weighted by atomic mass is 16.2. The van der Waals surface area contributed by atoms with Crippen LogP contribution in [-0.2, 0) is 4.79 Å². The lowest BCUT2D eigenvalue weighted by atomic mass is 10.2. The van der Waals surface area contributed by atoms with E-state index in [2.05, 4.69) is 0 Å². The molecule has 0 aliphatic carbocycles. The first-order valence-corrected chi connectivity index (χ1v) is 3.10. The van der Waals surface area contributed by atoms with E-state index in [-0.39, 0.29) is 12.5 Å². The van der Waals surface area contributed by atoms with E-state index in [1.807, 2.05) is 5.32 Å². The van der Waals surface area contributed by atoms with Crippen LogP contribution in [0.4, 0.5) is 0 Å². The van der Waals surface area contributed by atoms with Gasteiger partial charge in [-0.15, -0.1) is 0 Å². The summed E-state index contributed by atoms with van der Waals surface area (Å²) in [7, 11) is 0. The van der Waals surface area contributed by atoms with Gasteiger partial charge in [0, 0.05) is 13.0 Å². The Balaban J connectivity index is 3.15. The van der Waals surface area contributed by atoms with Crippen molar-refractivity contribution in [1.82, 2.24) is 5.32 Å². The summed E-state index contributed by atoms with van der Waals surface area (Å²) in [5.41, 5.74) is 0. The van der Waals surface area contributed by atoms with Gasteiger partial charge in [0.25, 0.3) is 0 Å². The van der Waals surface area contributed by atoms with Crippen LogP contribution in [0.25, 0.3) is 0 Å². The number of carbonyl (C=O) groups excluding carboxylic acids is 1. The van der Waals surface area contributed by atoms with Crippen LogP contribution in [0.3, 0.4) is 0 Å². The summed E-state index contributed by atoms with van der Waals surface area (Å²) in [4.78, 5) is 10.5. The van der Waals surface area contributed by atoms with Crippen molar-refractivity contribution in [3.05, 3.63) is 0 Å². The Morgan fingerprint density at radius 1 is 1.60 bits per heavy atom. The van der Waals surface area contributed by atoms with E-state index in [0.29, 0.717) is 19.3 Å². The first kappa shape index (κ1) is 8.92. The molecule has 0 spiro atoms. The van der Waals surface area contributed by atoms with E-state index in [0.717, 1.165) is 0 Å². The minimum atomic E-state index is -0.282. The number of hydrogen-bond donors (Lipinski definition) is 2. The Labute approximate surface area is 59.5 Å². The van der Waals surface area contributed by atoms with Gasteiger partial charge >= 0.3 is 0 Å². The van der Waals surface area contributed by atoms with Crippen molar-refractivity contribution in [3.8, 4) is 6.19 Å². The fraction of sp³-hybridized carbons (Fsp3) is 0.667. The molecule has 56 valence electrons. The van der Waals surface area contributed by atoms with E-state index in [4.69, 9.17) is 10.4 Å². The van der Waals surface area contributed by atoms with Crippen molar-refractivity contribution in [2.24, 2.45) is 0 Å². The van der Waals surface area contributed by atoms with Crippen molar-refractivity contribution in [2.45, 2.75) is 19.3 Å². The van der Waals surface area contributed by atoms with Crippen molar-refractivity contribution >= 4 is 5.91 Å². The van der Waals surface area contributed by atoms with Crippen LogP contribution in [0.15, 0.2) is 0 Å². The lowest BCUT2D eigenvalue weighted by molar-refractivity contribution is -0.120. The molecule has 0 heterocycles. The molecule has 0 atom stereocenters. The quantitative estimate of drug-likeness (QED) is 0.323. The highest BCUT2D eigenvalue weighted by molar-refractivity contribution is 5.77. The third-order valence-electron chi connectivity index (χ3n) is 1.01. The second-order valence-corrected chi connectivity index (χ2v) is 1.84. The zero-order valence-electron chi connectivity index (χ0n) is 5.63. The molecule has 10 heavy (non-hydrogen) atoms. The number of rotatable bonds is 4. The lowest BCUT2D eigenvalue weighted by Gasteiger charge is -1.94. The summed E-state index contributed by atoms with van der Waals surface area (Å²) in [5.74, 6) is -0.282. The molecule has 0 saturated carbocycles. The van der Waals surface area contributed by atoms with Gasteiger partial charge in [-0.05, 0) is 12.8 Å². The number of aliphatic hydroxyl groups is 1. The van der Waals surface area contributed by atoms with Gasteiger partial charge in [-0.1, -0.05) is 0 Å². The molecule has 0 fully saturated rings. The summed E-state index contributed by atoms with van der Waals surface area (Å²) in [6, 6.07) is 0. The van der Waals surface area contributed by atoms with Crippen LogP contribution in [0.1, 0.15) is 19.3 Å². The molecule has 0 rings (SSSR count). The maximum absolute atomic E-state index is 10.5. The van der Waals surface area contributed by atoms with Crippen molar-refractivity contribution < 1.29 is 9.90 Å². The standard InChI is InChI=1S/C6H10N2O2/c7-5-8-6(10)3-1-2-4-9/h9H,1-4H2,(H,8,10). The summed E-state index contributed by atoms with van der Waals surface area (Å²) in [6.07, 6.45) is 3.08. The molecule has 0 unspecified atom stereocenters. The van der Waals surface area contributed by atoms with Gasteiger partial charge < -0.3 is 5.11 Å². The molecule has 0 radical (unpaired) electrons. The molecule has 0 aliphatic heterocycles. The van der Waals surface area contributed by atoms with Gasteiger partial charge in [0.15, 0.2) is 6.19 Å². The molecule has 0 aromatic rings. The zero-order valence-corrected chi connectivity index (χ0v) is 5.63. The van der Waals surface area contributed by atoms with Crippen molar-refractivity contribution in [3.63, 3.8) is 0 Å². The minimum Gasteiger partial charge on any atom is -0.396 e. The van der Waals surface area contributed by atoms with Gasteiger partial charge in [-0.3, -0.25) is 10.1 Å². The van der Waals surface area contributed by atoms with Gasteiger partial charge in [-0.2, -0.15) is 5.26 Å². The van der Waals surface area contributed by atoms with Crippen LogP contribution in [0, 0.1) is 11.5 Å². The summed E-state index contributed by atoms with van der Waals surface area (Å²) in [6.45, 7) is 0.0971. The number of amides is 1. The maximum Gasteiger partial charge on any atom is 0.232 e. The molecule has 0 aliphatic rings. The van der Waals surface area contributed by atoms with E-state index >= 15 is 0 Å². The molecule has 4 heteroatoms. The van der Waals surface area contributed by atoms with Crippen LogP contribution in [-0.4, -0.2) is 17.6 Å². The summed E-state index contributed by atoms with van der Waals surface area (Å²) < 4.78 is 0. The number of nitrogens with zero attached hydrogens (tertiary/aromatic N) is 1. The minimum absolute atomic E-state index is 0.0971. The van der Waals surface area contributed by atoms with Crippen molar-refractivity contribution in [2.75, 3.05) is 6.61 Å². The highest BCUT2D eigenvalue weighted by Crippen LogP contribution is 1.92. The second kappa shape index (κ2) is 6.05. The molecular formula is C6H10N2O2. The van der Waals surface area contributed by atoms with Gasteiger partial charge in [0.1, 0.15) is 0 Å². The van der Waals surface area contributed by atoms with Crippen LogP contribution >= 0.6 is 0 Å². The molecule has 0 saturated heterocycles. The molecule has 1 amide bonds. The van der Waals surface area contributed by atoms with Crippen LogP contribution < -0.4 is 5.32 Å². The van der Waals surface area contributed by atoms with Crippen LogP contribution in [0.2, 0.25) is 0 Å². The van der Waals surface area contributed by atoms with Gasteiger partial charge in [0.05, 0.1) is 0 Å². The predicted molar refractivity (Wildman–Crippen MR) is 34.7 cm³/mol. The normalized spacial score (nSPS) is 8.40. The van der Waals surface area contributed by atoms with E-state index in [1.165, 1.54) is 6.19 Å². The third-order valence-corrected chi connectivity index (χ3v) is 1.01. The second-order valence-electron chi connectivity index (χ2n) is 1.84. The molecular weight excluding hydrogens is 132 g/mol. The summed E-state index contributed by atoms with van der Waals surface area (Å²) >= 11 is 0. The Hall–Kier alpha value is -1.08. The van der Waals surface area contributed by atoms with Gasteiger partial charge in [0.2, 0.25) is 5.91 Å². The molecule has 0 aromatic heterocycles. The number of carbonyl (C=O) groups is 1. The van der Waals surface area contributed by atoms with E-state index < -0.39 is 0 Å². The zero-order chi connectivity index (χ0) is 7.82. The number of nitriles is 1. The Bertz CT molecular complexity index is 139. The number of aliphatic hydroxyl groups excluding tert-OH is 1. The lowest BCUT2D eigenvalue weighted by Crippen LogP contribution is -2.16. The first-order valence-electron chi connectivity index (χ1n) is 3.10.